The summed E-state index contributed by atoms with van der Waals surface area (Å²) in [5, 5.41) is 0. The molecule has 0 fully saturated rings. The van der Waals surface area contributed by atoms with Gasteiger partial charge in [0.15, 0.2) is 6.35 Å². The van der Waals surface area contributed by atoms with Crippen molar-refractivity contribution in [2.24, 2.45) is 0 Å². The van der Waals surface area contributed by atoms with Crippen molar-refractivity contribution in [3.63, 3.8) is 0 Å². The fourth-order valence-corrected chi connectivity index (χ4v) is 4.91. The number of halogens is 12. The summed E-state index contributed by atoms with van der Waals surface area (Å²) in [6.45, 7) is 4.99. The number of benzene rings is 3. The summed E-state index contributed by atoms with van der Waals surface area (Å²) < 4.78 is 174. The van der Waals surface area contributed by atoms with Crippen molar-refractivity contribution in [1.29, 1.82) is 0 Å². The van der Waals surface area contributed by atoms with Crippen LogP contribution in [0, 0.1) is 13.8 Å². The fourth-order valence-electron chi connectivity index (χ4n) is 4.91. The fraction of sp³-hybridized carbons (Fsp3) is 0.333. The quantitative estimate of drug-likeness (QED) is 0.215. The Hall–Kier alpha value is -3.16. The average molecular weight is 601 g/mol. The molecule has 0 aliphatic carbocycles. The lowest BCUT2D eigenvalue weighted by molar-refractivity contribution is -0.143. The molecule has 14 heteroatoms. The van der Waals surface area contributed by atoms with E-state index in [0.29, 0.717) is 18.2 Å². The second-order valence-corrected chi connectivity index (χ2v) is 9.97. The van der Waals surface area contributed by atoms with E-state index in [-0.39, 0.29) is 29.3 Å². The van der Waals surface area contributed by atoms with Crippen LogP contribution in [0.25, 0.3) is 0 Å². The SMILES string of the molecule is Cc1ccc(C(F)(F)F)c([B-](OC(C)C)(c2cc(C(F)(F)F)cc(C(F)(F)F)c2)c2cc(C(F)(F)F)ccc2C)c1. The number of alkyl halides is 12. The Balaban J connectivity index is 2.73. The molecule has 3 aromatic carbocycles. The summed E-state index contributed by atoms with van der Waals surface area (Å²) in [5.74, 6) is 0. The van der Waals surface area contributed by atoms with E-state index in [1.165, 1.54) is 27.7 Å². The topological polar surface area (TPSA) is 9.23 Å². The van der Waals surface area contributed by atoms with Gasteiger partial charge in [-0.05, 0) is 39.8 Å². The van der Waals surface area contributed by atoms with Crippen molar-refractivity contribution < 1.29 is 57.3 Å². The van der Waals surface area contributed by atoms with Gasteiger partial charge in [0.1, 0.15) is 0 Å². The number of rotatable bonds is 5. The normalized spacial score (nSPS) is 14.9. The Morgan fingerprint density at radius 3 is 1.51 bits per heavy atom. The largest absolute Gasteiger partial charge is 0.577 e. The molecule has 0 aromatic heterocycles. The first-order chi connectivity index (χ1) is 18.5. The highest BCUT2D eigenvalue weighted by atomic mass is 19.4. The lowest BCUT2D eigenvalue weighted by atomic mass is 9.26. The number of hydrogen-bond donors (Lipinski definition) is 0. The Labute approximate surface area is 227 Å². The number of hydrogen-bond acceptors (Lipinski definition) is 1. The van der Waals surface area contributed by atoms with Crippen LogP contribution in [-0.4, -0.2) is 12.5 Å². The van der Waals surface area contributed by atoms with Crippen molar-refractivity contribution in [1.82, 2.24) is 0 Å². The standard InChI is InChI=1S/C27H22BF12O/c1-14(2)41-28(22-13-17(24(29,30)31)7-6-16(22)4,23-9-15(3)5-8-21(23)27(38,39)40)20-11-18(25(32,33)34)10-19(12-20)26(35,36)37/h5-14H,1-4H3/q-1. The molecule has 0 radical (unpaired) electrons. The van der Waals surface area contributed by atoms with Crippen molar-refractivity contribution in [2.75, 3.05) is 0 Å². The Morgan fingerprint density at radius 2 is 1.07 bits per heavy atom. The second kappa shape index (κ2) is 10.6. The maximum absolute atomic E-state index is 14.4. The lowest BCUT2D eigenvalue weighted by Gasteiger charge is -2.48. The van der Waals surface area contributed by atoms with Gasteiger partial charge in [-0.3, -0.25) is 0 Å². The van der Waals surface area contributed by atoms with Gasteiger partial charge in [0.25, 0.3) is 0 Å². The summed E-state index contributed by atoms with van der Waals surface area (Å²) in [6.07, 6.45) is -26.3. The molecule has 0 heterocycles. The lowest BCUT2D eigenvalue weighted by Crippen LogP contribution is -2.72. The molecule has 0 N–H and O–H groups in total. The molecule has 1 unspecified atom stereocenters. The van der Waals surface area contributed by atoms with Gasteiger partial charge >= 0.3 is 24.7 Å². The van der Waals surface area contributed by atoms with Crippen LogP contribution in [-0.2, 0) is 29.4 Å². The van der Waals surface area contributed by atoms with Gasteiger partial charge in [-0.2, -0.15) is 69.1 Å². The third kappa shape index (κ3) is 6.68. The van der Waals surface area contributed by atoms with Crippen LogP contribution in [0.15, 0.2) is 54.6 Å². The molecule has 41 heavy (non-hydrogen) atoms. The molecule has 3 rings (SSSR count). The van der Waals surface area contributed by atoms with E-state index in [9.17, 15) is 52.7 Å². The molecule has 0 saturated carbocycles. The van der Waals surface area contributed by atoms with Gasteiger partial charge in [-0.25, -0.2) is 0 Å². The van der Waals surface area contributed by atoms with E-state index in [2.05, 4.69) is 0 Å². The first-order valence-electron chi connectivity index (χ1n) is 12.0. The van der Waals surface area contributed by atoms with Gasteiger partial charge in [0, 0.05) is 11.7 Å². The average Bonchev–Trinajstić information content (AvgIpc) is 2.80. The van der Waals surface area contributed by atoms with Crippen LogP contribution in [0.3, 0.4) is 0 Å². The minimum absolute atomic E-state index is 0.0965. The van der Waals surface area contributed by atoms with Crippen LogP contribution in [0.2, 0.25) is 0 Å². The zero-order valence-corrected chi connectivity index (χ0v) is 21.8. The molecule has 1 atom stereocenters. The van der Waals surface area contributed by atoms with Crippen molar-refractivity contribution >= 4 is 22.7 Å². The monoisotopic (exact) mass is 601 g/mol. The maximum Gasteiger partial charge on any atom is 0.416 e. The van der Waals surface area contributed by atoms with Gasteiger partial charge in [0.2, 0.25) is 0 Å². The molecule has 0 aliphatic rings. The maximum atomic E-state index is 14.4. The number of aryl methyl sites for hydroxylation is 2. The minimum Gasteiger partial charge on any atom is -0.577 e. The van der Waals surface area contributed by atoms with E-state index in [1.807, 2.05) is 0 Å². The van der Waals surface area contributed by atoms with E-state index >= 15 is 0 Å². The summed E-state index contributed by atoms with van der Waals surface area (Å²) >= 11 is 0. The van der Waals surface area contributed by atoms with Crippen LogP contribution in [0.5, 0.6) is 0 Å². The molecule has 0 bridgehead atoms. The highest BCUT2D eigenvalue weighted by Crippen LogP contribution is 2.37. The van der Waals surface area contributed by atoms with Crippen LogP contribution in [0.4, 0.5) is 52.7 Å². The molecule has 0 spiro atoms. The zero-order chi connectivity index (χ0) is 31.3. The van der Waals surface area contributed by atoms with Crippen molar-refractivity contribution in [3.05, 3.63) is 88.0 Å². The molecule has 224 valence electrons. The zero-order valence-electron chi connectivity index (χ0n) is 21.8. The predicted octanol–water partition coefficient (Wildman–Crippen LogP) is 7.77. The minimum atomic E-state index is -5.40. The highest BCUT2D eigenvalue weighted by Gasteiger charge is 2.45. The summed E-state index contributed by atoms with van der Waals surface area (Å²) in [4.78, 5) is 0. The molecular weight excluding hydrogens is 579 g/mol. The molecule has 0 amide bonds. The van der Waals surface area contributed by atoms with Crippen LogP contribution >= 0.6 is 0 Å². The van der Waals surface area contributed by atoms with E-state index in [0.717, 1.165) is 18.2 Å². The van der Waals surface area contributed by atoms with E-state index < -0.39 is 75.8 Å². The highest BCUT2D eigenvalue weighted by molar-refractivity contribution is 7.07. The molecule has 3 aromatic rings. The van der Waals surface area contributed by atoms with Crippen molar-refractivity contribution in [3.8, 4) is 0 Å². The third-order valence-corrected chi connectivity index (χ3v) is 6.55. The van der Waals surface area contributed by atoms with Gasteiger partial charge < -0.3 is 4.65 Å². The molecular formula is C27H22BF12O-. The third-order valence-electron chi connectivity index (χ3n) is 6.55. The van der Waals surface area contributed by atoms with Crippen molar-refractivity contribution in [2.45, 2.75) is 58.5 Å². The molecule has 0 saturated heterocycles. The van der Waals surface area contributed by atoms with Gasteiger partial charge in [0.05, 0.1) is 16.7 Å². The summed E-state index contributed by atoms with van der Waals surface area (Å²) in [7, 11) is 0. The van der Waals surface area contributed by atoms with Gasteiger partial charge in [-0.1, -0.05) is 53.6 Å². The summed E-state index contributed by atoms with van der Waals surface area (Å²) in [5.41, 5.74) is -9.28. The van der Waals surface area contributed by atoms with Gasteiger partial charge in [-0.15, -0.1) is 0 Å². The first kappa shape index (κ1) is 32.4. The molecule has 1 nitrogen and oxygen atoms in total. The second-order valence-electron chi connectivity index (χ2n) is 9.97. The smallest absolute Gasteiger partial charge is 0.416 e. The Bertz CT molecular complexity index is 1390. The Morgan fingerprint density at radius 1 is 0.561 bits per heavy atom. The van der Waals surface area contributed by atoms with E-state index in [1.54, 1.807) is 0 Å². The Kier molecular flexibility index (Phi) is 8.36. The molecule has 0 aliphatic heterocycles. The summed E-state index contributed by atoms with van der Waals surface area (Å²) in [6, 6.07) is 4.48. The van der Waals surface area contributed by atoms with Crippen LogP contribution < -0.4 is 16.4 Å². The van der Waals surface area contributed by atoms with Crippen LogP contribution in [0.1, 0.15) is 47.2 Å². The predicted molar refractivity (Wildman–Crippen MR) is 130 cm³/mol. The first-order valence-corrected chi connectivity index (χ1v) is 12.0. The van der Waals surface area contributed by atoms with E-state index in [4.69, 9.17) is 4.65 Å².